The number of amides is 2. The van der Waals surface area contributed by atoms with Crippen LogP contribution in [0.3, 0.4) is 0 Å². The number of esters is 2. The van der Waals surface area contributed by atoms with Gasteiger partial charge >= 0.3 is 27.3 Å². The van der Waals surface area contributed by atoms with Gasteiger partial charge in [-0.1, -0.05) is 37.3 Å². The first-order valence-electron chi connectivity index (χ1n) is 12.2. The van der Waals surface area contributed by atoms with E-state index >= 15 is 0 Å². The molecule has 0 fully saturated rings. The molecule has 0 spiro atoms. The van der Waals surface area contributed by atoms with Crippen LogP contribution in [0.1, 0.15) is 60.2 Å². The summed E-state index contributed by atoms with van der Waals surface area (Å²) >= 11 is 0. The SMILES string of the molecule is C=C(C)C(=O)OC(C)OCCCCCCOC(=O)C(F)(F)S(=O)(=O)ON1C(=O)c2cccc3cccc(c23)C1=O. The van der Waals surface area contributed by atoms with Gasteiger partial charge in [-0.05, 0) is 50.6 Å². The van der Waals surface area contributed by atoms with Crippen molar-refractivity contribution in [2.45, 2.75) is 51.1 Å². The Morgan fingerprint density at radius 1 is 0.975 bits per heavy atom. The Labute approximate surface area is 228 Å². The number of ether oxygens (including phenoxy) is 3. The summed E-state index contributed by atoms with van der Waals surface area (Å²) < 4.78 is 72.5. The normalized spacial score (nSPS) is 14.2. The van der Waals surface area contributed by atoms with Crippen molar-refractivity contribution in [3.8, 4) is 0 Å². The first-order valence-corrected chi connectivity index (χ1v) is 13.6. The van der Waals surface area contributed by atoms with Gasteiger partial charge in [-0.2, -0.15) is 17.2 Å². The molecule has 3 rings (SSSR count). The summed E-state index contributed by atoms with van der Waals surface area (Å²) in [5.74, 6) is -5.57. The summed E-state index contributed by atoms with van der Waals surface area (Å²) in [7, 11) is -6.15. The summed E-state index contributed by atoms with van der Waals surface area (Å²) in [4.78, 5) is 48.8. The fourth-order valence-corrected chi connectivity index (χ4v) is 4.35. The minimum Gasteiger partial charge on any atom is -0.460 e. The zero-order valence-corrected chi connectivity index (χ0v) is 22.5. The lowest BCUT2D eigenvalue weighted by Gasteiger charge is -2.26. The van der Waals surface area contributed by atoms with Crippen LogP contribution in [0.4, 0.5) is 8.78 Å². The lowest BCUT2D eigenvalue weighted by Crippen LogP contribution is -2.48. The van der Waals surface area contributed by atoms with Crippen LogP contribution in [0, 0.1) is 0 Å². The Kier molecular flexibility index (Phi) is 9.71. The van der Waals surface area contributed by atoms with Gasteiger partial charge in [-0.3, -0.25) is 9.59 Å². The molecule has 14 heteroatoms. The largest absolute Gasteiger partial charge is 0.467 e. The second-order valence-electron chi connectivity index (χ2n) is 8.83. The summed E-state index contributed by atoms with van der Waals surface area (Å²) in [6, 6.07) is 8.70. The van der Waals surface area contributed by atoms with E-state index in [1.54, 1.807) is 12.1 Å². The smallest absolute Gasteiger partial charge is 0.460 e. The minimum atomic E-state index is -6.15. The van der Waals surface area contributed by atoms with Gasteiger partial charge in [0.2, 0.25) is 0 Å². The molecule has 40 heavy (non-hydrogen) atoms. The van der Waals surface area contributed by atoms with E-state index in [2.05, 4.69) is 15.6 Å². The second kappa shape index (κ2) is 12.6. The van der Waals surface area contributed by atoms with Gasteiger partial charge in [-0.25, -0.2) is 9.59 Å². The number of alkyl halides is 2. The van der Waals surface area contributed by atoms with E-state index in [9.17, 15) is 36.4 Å². The van der Waals surface area contributed by atoms with Gasteiger partial charge in [0.25, 0.3) is 11.8 Å². The van der Waals surface area contributed by atoms with Gasteiger partial charge in [-0.15, -0.1) is 9.35 Å². The van der Waals surface area contributed by atoms with Crippen molar-refractivity contribution < 1.29 is 54.9 Å². The van der Waals surface area contributed by atoms with Gasteiger partial charge < -0.3 is 14.2 Å². The molecule has 1 aliphatic rings. The standard InChI is InChI=1S/C26H27F2NO10S/c1-16(2)24(32)38-17(3)36-14-6-4-5-7-15-37-25(33)26(27,28)40(34,35)39-29-22(30)19-12-8-10-18-11-9-13-20(21(18)19)23(29)31/h8-13,17H,1,4-7,14-15H2,2-3H3. The highest BCUT2D eigenvalue weighted by Gasteiger charge is 2.58. The minimum absolute atomic E-state index is 0.132. The molecular formula is C26H27F2NO10S. The average Bonchev–Trinajstić information content (AvgIpc) is 2.90. The van der Waals surface area contributed by atoms with Gasteiger partial charge in [0.05, 0.1) is 24.3 Å². The maximum Gasteiger partial charge on any atom is 0.467 e. The van der Waals surface area contributed by atoms with E-state index in [-0.39, 0.29) is 40.2 Å². The van der Waals surface area contributed by atoms with Crippen LogP contribution >= 0.6 is 0 Å². The van der Waals surface area contributed by atoms with E-state index in [4.69, 9.17) is 9.47 Å². The fraction of sp³-hybridized carbons (Fsp3) is 0.385. The summed E-state index contributed by atoms with van der Waals surface area (Å²) in [5, 5.41) is -4.80. The van der Waals surface area contributed by atoms with Crippen molar-refractivity contribution in [1.82, 2.24) is 5.06 Å². The van der Waals surface area contributed by atoms with E-state index < -0.39 is 52.0 Å². The molecule has 0 saturated heterocycles. The van der Waals surface area contributed by atoms with Gasteiger partial charge in [0, 0.05) is 11.0 Å². The second-order valence-corrected chi connectivity index (χ2v) is 10.4. The maximum atomic E-state index is 14.5. The first kappa shape index (κ1) is 30.8. The average molecular weight is 584 g/mol. The van der Waals surface area contributed by atoms with Crippen LogP contribution in [0.15, 0.2) is 48.6 Å². The third-order valence-electron chi connectivity index (χ3n) is 5.70. The number of imide groups is 1. The van der Waals surface area contributed by atoms with Gasteiger partial charge in [0.1, 0.15) is 0 Å². The molecule has 0 radical (unpaired) electrons. The van der Waals surface area contributed by atoms with Crippen molar-refractivity contribution in [3.63, 3.8) is 0 Å². The Balaban J connectivity index is 1.48. The number of carbonyl (C=O) groups is 4. The lowest BCUT2D eigenvalue weighted by atomic mass is 9.95. The third kappa shape index (κ3) is 6.69. The van der Waals surface area contributed by atoms with E-state index in [0.29, 0.717) is 24.6 Å². The summed E-state index contributed by atoms with van der Waals surface area (Å²) in [6.07, 6.45) is 0.843. The van der Waals surface area contributed by atoms with Crippen LogP contribution < -0.4 is 0 Å². The Morgan fingerprint density at radius 3 is 2.08 bits per heavy atom. The number of nitrogens with zero attached hydrogens (tertiary/aromatic N) is 1. The van der Waals surface area contributed by atoms with Crippen LogP contribution in [-0.4, -0.2) is 62.0 Å². The zero-order valence-electron chi connectivity index (χ0n) is 21.7. The number of hydrogen-bond acceptors (Lipinski definition) is 10. The molecule has 216 valence electrons. The van der Waals surface area contributed by atoms with Crippen molar-refractivity contribution in [1.29, 1.82) is 0 Å². The first-order chi connectivity index (χ1) is 18.8. The molecule has 0 bridgehead atoms. The molecular weight excluding hydrogens is 556 g/mol. The van der Waals surface area contributed by atoms with Crippen molar-refractivity contribution >= 4 is 44.6 Å². The van der Waals surface area contributed by atoms with Crippen molar-refractivity contribution in [2.75, 3.05) is 13.2 Å². The highest BCUT2D eigenvalue weighted by Crippen LogP contribution is 2.33. The zero-order chi connectivity index (χ0) is 29.7. The number of hydroxylamine groups is 2. The topological polar surface area (TPSA) is 143 Å². The number of rotatable bonds is 14. The van der Waals surface area contributed by atoms with E-state index in [1.165, 1.54) is 38.1 Å². The van der Waals surface area contributed by atoms with Crippen LogP contribution in [0.2, 0.25) is 0 Å². The number of hydrogen-bond donors (Lipinski definition) is 0. The predicted molar refractivity (Wildman–Crippen MR) is 135 cm³/mol. The number of halogens is 2. The Hall–Kier alpha value is -3.75. The summed E-state index contributed by atoms with van der Waals surface area (Å²) in [6.45, 7) is 6.21. The Bertz CT molecular complexity index is 1390. The monoisotopic (exact) mass is 583 g/mol. The number of carbonyl (C=O) groups excluding carboxylic acids is 4. The number of unbranched alkanes of at least 4 members (excludes halogenated alkanes) is 3. The summed E-state index contributed by atoms with van der Waals surface area (Å²) in [5.41, 5.74) is -0.0462. The van der Waals surface area contributed by atoms with Crippen molar-refractivity contribution in [3.05, 3.63) is 59.7 Å². The molecule has 1 aliphatic heterocycles. The fourth-order valence-electron chi connectivity index (χ4n) is 3.66. The van der Waals surface area contributed by atoms with E-state index in [0.717, 1.165) is 0 Å². The molecule has 0 aromatic heterocycles. The van der Waals surface area contributed by atoms with Gasteiger partial charge in [0.15, 0.2) is 6.29 Å². The highest BCUT2D eigenvalue weighted by molar-refractivity contribution is 7.88. The lowest BCUT2D eigenvalue weighted by molar-refractivity contribution is -0.170. The Morgan fingerprint density at radius 2 is 1.52 bits per heavy atom. The third-order valence-corrected chi connectivity index (χ3v) is 6.84. The molecule has 0 aliphatic carbocycles. The molecule has 2 aromatic rings. The molecule has 2 amide bonds. The predicted octanol–water partition coefficient (Wildman–Crippen LogP) is 3.88. The van der Waals surface area contributed by atoms with Crippen LogP contribution in [-0.2, 0) is 38.2 Å². The molecule has 11 nitrogen and oxygen atoms in total. The quantitative estimate of drug-likeness (QED) is 0.106. The molecule has 0 N–H and O–H groups in total. The maximum absolute atomic E-state index is 14.5. The molecule has 1 heterocycles. The molecule has 1 unspecified atom stereocenters. The van der Waals surface area contributed by atoms with Crippen LogP contribution in [0.25, 0.3) is 10.8 Å². The number of benzene rings is 2. The molecule has 2 aromatic carbocycles. The highest BCUT2D eigenvalue weighted by atomic mass is 32.2. The van der Waals surface area contributed by atoms with E-state index in [1.807, 2.05) is 0 Å². The van der Waals surface area contributed by atoms with Crippen LogP contribution in [0.5, 0.6) is 0 Å². The molecule has 0 saturated carbocycles. The van der Waals surface area contributed by atoms with Crippen molar-refractivity contribution in [2.24, 2.45) is 0 Å². The molecule has 1 atom stereocenters.